The van der Waals surface area contributed by atoms with Crippen LogP contribution >= 0.6 is 23.2 Å². The lowest BCUT2D eigenvalue weighted by Crippen LogP contribution is -2.54. The minimum atomic E-state index is 0.523. The highest BCUT2D eigenvalue weighted by atomic mass is 35.5. The van der Waals surface area contributed by atoms with Crippen LogP contribution in [0.15, 0.2) is 18.2 Å². The summed E-state index contributed by atoms with van der Waals surface area (Å²) in [5, 5.41) is 5.10. The van der Waals surface area contributed by atoms with E-state index in [0.29, 0.717) is 12.1 Å². The average Bonchev–Trinajstić information content (AvgIpc) is 2.37. The third kappa shape index (κ3) is 3.85. The summed E-state index contributed by atoms with van der Waals surface area (Å²) < 4.78 is 0. The van der Waals surface area contributed by atoms with Gasteiger partial charge in [-0.2, -0.15) is 0 Å². The van der Waals surface area contributed by atoms with E-state index in [-0.39, 0.29) is 0 Å². The summed E-state index contributed by atoms with van der Waals surface area (Å²) in [6.45, 7) is 7.40. The first-order valence-corrected chi connectivity index (χ1v) is 7.77. The van der Waals surface area contributed by atoms with E-state index in [0.717, 1.165) is 35.2 Å². The van der Waals surface area contributed by atoms with E-state index in [2.05, 4.69) is 24.1 Å². The molecule has 0 aromatic heterocycles. The van der Waals surface area contributed by atoms with E-state index in [9.17, 15) is 0 Å². The van der Waals surface area contributed by atoms with Crippen LogP contribution in [0.25, 0.3) is 0 Å². The first kappa shape index (κ1) is 15.1. The minimum Gasteiger partial charge on any atom is -0.311 e. The van der Waals surface area contributed by atoms with Gasteiger partial charge in [-0.25, -0.2) is 0 Å². The molecule has 2 unspecified atom stereocenters. The van der Waals surface area contributed by atoms with Crippen LogP contribution in [0.1, 0.15) is 32.3 Å². The highest BCUT2D eigenvalue weighted by Gasteiger charge is 2.26. The Kier molecular flexibility index (Phi) is 5.52. The van der Waals surface area contributed by atoms with Crippen molar-refractivity contribution in [3.05, 3.63) is 33.8 Å². The Bertz CT molecular complexity index is 402. The van der Waals surface area contributed by atoms with Gasteiger partial charge in [0.15, 0.2) is 0 Å². The lowest BCUT2D eigenvalue weighted by molar-refractivity contribution is 0.120. The average molecular weight is 301 g/mol. The molecule has 0 saturated carbocycles. The molecule has 1 aromatic rings. The van der Waals surface area contributed by atoms with Crippen molar-refractivity contribution in [2.45, 2.75) is 45.3 Å². The number of hydrogen-bond acceptors (Lipinski definition) is 2. The van der Waals surface area contributed by atoms with Gasteiger partial charge in [0.05, 0.1) is 0 Å². The number of halogens is 2. The summed E-state index contributed by atoms with van der Waals surface area (Å²) in [5.74, 6) is 0. The SMILES string of the molecule is CCCC1CNC(C)CN1Cc1c(Cl)cccc1Cl. The zero-order chi connectivity index (χ0) is 13.8. The van der Waals surface area contributed by atoms with Gasteiger partial charge < -0.3 is 5.32 Å². The molecule has 1 N–H and O–H groups in total. The minimum absolute atomic E-state index is 0.523. The summed E-state index contributed by atoms with van der Waals surface area (Å²) in [7, 11) is 0. The first-order chi connectivity index (χ1) is 9.11. The van der Waals surface area contributed by atoms with E-state index >= 15 is 0 Å². The van der Waals surface area contributed by atoms with Gasteiger partial charge in [0.25, 0.3) is 0 Å². The fourth-order valence-electron chi connectivity index (χ4n) is 2.73. The van der Waals surface area contributed by atoms with Crippen LogP contribution in [0.4, 0.5) is 0 Å². The van der Waals surface area contributed by atoms with Crippen LogP contribution < -0.4 is 5.32 Å². The number of rotatable bonds is 4. The lowest BCUT2D eigenvalue weighted by Gasteiger charge is -2.39. The van der Waals surface area contributed by atoms with Crippen molar-refractivity contribution >= 4 is 23.2 Å². The zero-order valence-electron chi connectivity index (χ0n) is 11.6. The molecule has 0 amide bonds. The number of nitrogens with zero attached hydrogens (tertiary/aromatic N) is 1. The molecule has 2 rings (SSSR count). The molecule has 2 atom stereocenters. The zero-order valence-corrected chi connectivity index (χ0v) is 13.1. The second-order valence-electron chi connectivity index (χ2n) is 5.38. The van der Waals surface area contributed by atoms with E-state index in [1.807, 2.05) is 18.2 Å². The van der Waals surface area contributed by atoms with Gasteiger partial charge in [0.2, 0.25) is 0 Å². The fourth-order valence-corrected chi connectivity index (χ4v) is 3.25. The summed E-state index contributed by atoms with van der Waals surface area (Å²) in [4.78, 5) is 2.51. The van der Waals surface area contributed by atoms with Crippen molar-refractivity contribution in [1.82, 2.24) is 10.2 Å². The maximum Gasteiger partial charge on any atom is 0.0465 e. The molecule has 0 spiro atoms. The Hall–Kier alpha value is -0.280. The quantitative estimate of drug-likeness (QED) is 0.905. The van der Waals surface area contributed by atoms with Crippen molar-refractivity contribution in [3.63, 3.8) is 0 Å². The van der Waals surface area contributed by atoms with Gasteiger partial charge in [-0.15, -0.1) is 0 Å². The van der Waals surface area contributed by atoms with Crippen molar-refractivity contribution < 1.29 is 0 Å². The molecule has 0 bridgehead atoms. The Morgan fingerprint density at radius 2 is 2.00 bits per heavy atom. The molecule has 1 aliphatic heterocycles. The highest BCUT2D eigenvalue weighted by molar-refractivity contribution is 6.35. The number of hydrogen-bond donors (Lipinski definition) is 1. The molecule has 1 aliphatic rings. The molecule has 1 aromatic carbocycles. The van der Waals surface area contributed by atoms with Crippen LogP contribution in [0.2, 0.25) is 10.0 Å². The fraction of sp³-hybridized carbons (Fsp3) is 0.600. The molecule has 0 aliphatic carbocycles. The second-order valence-corrected chi connectivity index (χ2v) is 6.20. The van der Waals surface area contributed by atoms with Gasteiger partial charge in [0, 0.05) is 47.3 Å². The largest absolute Gasteiger partial charge is 0.311 e. The highest BCUT2D eigenvalue weighted by Crippen LogP contribution is 2.27. The molecule has 106 valence electrons. The Balaban J connectivity index is 2.14. The molecule has 1 heterocycles. The topological polar surface area (TPSA) is 15.3 Å². The molecular formula is C15H22Cl2N2. The lowest BCUT2D eigenvalue weighted by atomic mass is 10.0. The Morgan fingerprint density at radius 3 is 2.63 bits per heavy atom. The summed E-state index contributed by atoms with van der Waals surface area (Å²) in [6.07, 6.45) is 2.41. The van der Waals surface area contributed by atoms with Crippen molar-refractivity contribution in [2.75, 3.05) is 13.1 Å². The first-order valence-electron chi connectivity index (χ1n) is 7.02. The molecule has 0 radical (unpaired) electrons. The Morgan fingerprint density at radius 1 is 1.32 bits per heavy atom. The van der Waals surface area contributed by atoms with Gasteiger partial charge in [-0.3, -0.25) is 4.90 Å². The smallest absolute Gasteiger partial charge is 0.0465 e. The Labute approximate surface area is 126 Å². The molecular weight excluding hydrogens is 279 g/mol. The number of benzene rings is 1. The van der Waals surface area contributed by atoms with Crippen molar-refractivity contribution in [3.8, 4) is 0 Å². The third-order valence-corrected chi connectivity index (χ3v) is 4.48. The van der Waals surface area contributed by atoms with Crippen LogP contribution in [0.5, 0.6) is 0 Å². The van der Waals surface area contributed by atoms with Crippen LogP contribution in [0, 0.1) is 0 Å². The standard InChI is InChI=1S/C15H22Cl2N2/c1-3-5-12-8-18-11(2)9-19(12)10-13-14(16)6-4-7-15(13)17/h4,6-7,11-12,18H,3,5,8-10H2,1-2H3. The predicted octanol–water partition coefficient (Wildman–Crippen LogP) is 3.96. The maximum atomic E-state index is 6.28. The van der Waals surface area contributed by atoms with Gasteiger partial charge in [-0.1, -0.05) is 42.6 Å². The van der Waals surface area contributed by atoms with Gasteiger partial charge in [0.1, 0.15) is 0 Å². The molecule has 4 heteroatoms. The van der Waals surface area contributed by atoms with E-state index in [4.69, 9.17) is 23.2 Å². The van der Waals surface area contributed by atoms with E-state index < -0.39 is 0 Å². The van der Waals surface area contributed by atoms with Crippen molar-refractivity contribution in [2.24, 2.45) is 0 Å². The van der Waals surface area contributed by atoms with E-state index in [1.165, 1.54) is 12.8 Å². The molecule has 19 heavy (non-hydrogen) atoms. The second kappa shape index (κ2) is 6.94. The molecule has 1 fully saturated rings. The maximum absolute atomic E-state index is 6.28. The van der Waals surface area contributed by atoms with Crippen LogP contribution in [-0.2, 0) is 6.54 Å². The molecule has 1 saturated heterocycles. The summed E-state index contributed by atoms with van der Waals surface area (Å²) in [5.41, 5.74) is 1.06. The third-order valence-electron chi connectivity index (χ3n) is 3.77. The van der Waals surface area contributed by atoms with Crippen LogP contribution in [-0.4, -0.2) is 30.1 Å². The predicted molar refractivity (Wildman–Crippen MR) is 83.0 cm³/mol. The van der Waals surface area contributed by atoms with Crippen molar-refractivity contribution in [1.29, 1.82) is 0 Å². The number of nitrogens with one attached hydrogen (secondary N) is 1. The monoisotopic (exact) mass is 300 g/mol. The molecule has 2 nitrogen and oxygen atoms in total. The van der Waals surface area contributed by atoms with Gasteiger partial charge >= 0.3 is 0 Å². The number of piperazine rings is 1. The summed E-state index contributed by atoms with van der Waals surface area (Å²) >= 11 is 12.6. The summed E-state index contributed by atoms with van der Waals surface area (Å²) in [6, 6.07) is 6.84. The van der Waals surface area contributed by atoms with E-state index in [1.54, 1.807) is 0 Å². The van der Waals surface area contributed by atoms with Gasteiger partial charge in [-0.05, 0) is 25.5 Å². The van der Waals surface area contributed by atoms with Crippen LogP contribution in [0.3, 0.4) is 0 Å². The normalized spacial score (nSPS) is 24.6.